The zero-order chi connectivity index (χ0) is 20.9. The van der Waals surface area contributed by atoms with Crippen LogP contribution in [0.3, 0.4) is 0 Å². The van der Waals surface area contributed by atoms with E-state index in [1.165, 1.54) is 0 Å². The highest BCUT2D eigenvalue weighted by Gasteiger charge is 2.39. The van der Waals surface area contributed by atoms with Gasteiger partial charge >= 0.3 is 8.80 Å². The van der Waals surface area contributed by atoms with Crippen LogP contribution in [-0.4, -0.2) is 63.7 Å². The molecule has 156 valence electrons. The number of carbonyl (C=O) groups is 4. The lowest BCUT2D eigenvalue weighted by molar-refractivity contribution is -0.152. The van der Waals surface area contributed by atoms with E-state index in [0.29, 0.717) is 43.7 Å². The average Bonchev–Trinajstić information content (AvgIpc) is 2.57. The van der Waals surface area contributed by atoms with Gasteiger partial charge in [-0.3, -0.25) is 19.2 Å². The van der Waals surface area contributed by atoms with E-state index in [1.54, 1.807) is 0 Å². The molecule has 0 fully saturated rings. The zero-order valence-electron chi connectivity index (χ0n) is 17.0. The lowest BCUT2D eigenvalue weighted by Crippen LogP contribution is -2.46. The van der Waals surface area contributed by atoms with Crippen molar-refractivity contribution in [3.8, 4) is 0 Å². The number of nitrogens with zero attached hydrogens (tertiary/aromatic N) is 1. The van der Waals surface area contributed by atoms with Crippen molar-refractivity contribution in [2.24, 2.45) is 0 Å². The number of rotatable bonds is 13. The van der Waals surface area contributed by atoms with Crippen LogP contribution in [0.15, 0.2) is 0 Å². The van der Waals surface area contributed by atoms with E-state index in [1.807, 2.05) is 20.8 Å². The van der Waals surface area contributed by atoms with Gasteiger partial charge in [-0.05, 0) is 27.2 Å². The molecule has 0 saturated heterocycles. The second kappa shape index (κ2) is 13.5. The molecule has 0 unspecified atom stereocenters. The quantitative estimate of drug-likeness (QED) is 0.363. The Morgan fingerprint density at radius 1 is 0.852 bits per heavy atom. The Morgan fingerprint density at radius 2 is 1.33 bits per heavy atom. The Balaban J connectivity index is 4.36. The fourth-order valence-electron chi connectivity index (χ4n) is 2.53. The standard InChI is InChI=1S/C17H32N2O7Si/c1-6-24-27(25-7-2,26-8-3)13-9-12-18-16(22)10-11-17(23)19(14(4)20)15(5)21/h6-13H2,1-5H3,(H,18,22). The number of hydrogen-bond donors (Lipinski definition) is 1. The molecule has 4 amide bonds. The number of carbonyl (C=O) groups excluding carboxylic acids is 4. The summed E-state index contributed by atoms with van der Waals surface area (Å²) in [4.78, 5) is 46.9. The Kier molecular flexibility index (Phi) is 12.7. The highest BCUT2D eigenvalue weighted by molar-refractivity contribution is 6.60. The molecule has 0 aliphatic rings. The summed E-state index contributed by atoms with van der Waals surface area (Å²) in [6.45, 7) is 9.75. The van der Waals surface area contributed by atoms with E-state index in [2.05, 4.69) is 5.32 Å². The van der Waals surface area contributed by atoms with E-state index in [9.17, 15) is 19.2 Å². The molecule has 0 spiro atoms. The zero-order valence-corrected chi connectivity index (χ0v) is 18.0. The first-order valence-corrected chi connectivity index (χ1v) is 11.2. The highest BCUT2D eigenvalue weighted by atomic mass is 28.4. The molecule has 0 radical (unpaired) electrons. The van der Waals surface area contributed by atoms with Crippen molar-refractivity contribution >= 4 is 32.4 Å². The Bertz CT molecular complexity index is 482. The van der Waals surface area contributed by atoms with Gasteiger partial charge in [0, 0.05) is 59.1 Å². The molecule has 0 aromatic heterocycles. The third-order valence-electron chi connectivity index (χ3n) is 3.52. The van der Waals surface area contributed by atoms with Crippen LogP contribution in [0.4, 0.5) is 0 Å². The first kappa shape index (κ1) is 25.4. The normalized spacial score (nSPS) is 11.1. The number of hydrogen-bond acceptors (Lipinski definition) is 7. The molecule has 0 aromatic carbocycles. The number of imide groups is 3. The van der Waals surface area contributed by atoms with Crippen LogP contribution in [0.5, 0.6) is 0 Å². The van der Waals surface area contributed by atoms with Gasteiger partial charge in [-0.1, -0.05) is 0 Å². The van der Waals surface area contributed by atoms with Gasteiger partial charge in [-0.25, -0.2) is 4.90 Å². The molecule has 0 rings (SSSR count). The van der Waals surface area contributed by atoms with Crippen molar-refractivity contribution in [3.63, 3.8) is 0 Å². The van der Waals surface area contributed by atoms with Gasteiger partial charge in [0.1, 0.15) is 0 Å². The summed E-state index contributed by atoms with van der Waals surface area (Å²) in [6.07, 6.45) is 0.306. The molecular weight excluding hydrogens is 372 g/mol. The maximum Gasteiger partial charge on any atom is 0.500 e. The fourth-order valence-corrected chi connectivity index (χ4v) is 5.14. The van der Waals surface area contributed by atoms with E-state index >= 15 is 0 Å². The van der Waals surface area contributed by atoms with E-state index < -0.39 is 26.5 Å². The van der Waals surface area contributed by atoms with Crippen molar-refractivity contribution < 1.29 is 32.5 Å². The third kappa shape index (κ3) is 9.75. The van der Waals surface area contributed by atoms with E-state index in [-0.39, 0.29) is 18.7 Å². The van der Waals surface area contributed by atoms with Crippen molar-refractivity contribution in [2.45, 2.75) is 59.9 Å². The maximum atomic E-state index is 11.9. The molecule has 0 saturated carbocycles. The molecule has 0 atom stereocenters. The van der Waals surface area contributed by atoms with Crippen LogP contribution in [0.1, 0.15) is 53.9 Å². The van der Waals surface area contributed by atoms with Crippen LogP contribution >= 0.6 is 0 Å². The van der Waals surface area contributed by atoms with Gasteiger partial charge in [0.2, 0.25) is 23.6 Å². The van der Waals surface area contributed by atoms with Crippen molar-refractivity contribution in [3.05, 3.63) is 0 Å². The van der Waals surface area contributed by atoms with Crippen molar-refractivity contribution in [2.75, 3.05) is 26.4 Å². The molecular formula is C17H32N2O7Si. The average molecular weight is 405 g/mol. The second-order valence-electron chi connectivity index (χ2n) is 5.70. The predicted molar refractivity (Wildman–Crippen MR) is 101 cm³/mol. The monoisotopic (exact) mass is 404 g/mol. The number of amides is 4. The van der Waals surface area contributed by atoms with Crippen molar-refractivity contribution in [1.82, 2.24) is 10.2 Å². The topological polar surface area (TPSA) is 111 Å². The predicted octanol–water partition coefficient (Wildman–Crippen LogP) is 1.24. The van der Waals surface area contributed by atoms with E-state index in [0.717, 1.165) is 13.8 Å². The van der Waals surface area contributed by atoms with Gasteiger partial charge in [0.25, 0.3) is 0 Å². The van der Waals surface area contributed by atoms with Crippen LogP contribution in [0, 0.1) is 0 Å². The Morgan fingerprint density at radius 3 is 1.74 bits per heavy atom. The minimum absolute atomic E-state index is 0.0964. The molecule has 0 aliphatic heterocycles. The molecule has 10 heteroatoms. The van der Waals surface area contributed by atoms with Gasteiger partial charge in [-0.15, -0.1) is 0 Å². The minimum atomic E-state index is -2.73. The van der Waals surface area contributed by atoms with Gasteiger partial charge in [0.15, 0.2) is 0 Å². The summed E-state index contributed by atoms with van der Waals surface area (Å²) < 4.78 is 17.2. The minimum Gasteiger partial charge on any atom is -0.374 e. The van der Waals surface area contributed by atoms with Gasteiger partial charge in [0.05, 0.1) is 0 Å². The summed E-state index contributed by atoms with van der Waals surface area (Å²) >= 11 is 0. The molecule has 9 nitrogen and oxygen atoms in total. The molecule has 1 N–H and O–H groups in total. The van der Waals surface area contributed by atoms with Gasteiger partial charge < -0.3 is 18.6 Å². The molecule has 0 aromatic rings. The van der Waals surface area contributed by atoms with Crippen molar-refractivity contribution in [1.29, 1.82) is 0 Å². The maximum absolute atomic E-state index is 11.9. The third-order valence-corrected chi connectivity index (χ3v) is 6.67. The van der Waals surface area contributed by atoms with Gasteiger partial charge in [-0.2, -0.15) is 0 Å². The molecule has 0 bridgehead atoms. The van der Waals surface area contributed by atoms with Crippen LogP contribution in [-0.2, 0) is 32.5 Å². The van der Waals surface area contributed by atoms with Crippen LogP contribution in [0.25, 0.3) is 0 Å². The lowest BCUT2D eigenvalue weighted by Gasteiger charge is -2.28. The fraction of sp³-hybridized carbons (Fsp3) is 0.765. The molecule has 27 heavy (non-hydrogen) atoms. The molecule has 0 heterocycles. The van der Waals surface area contributed by atoms with Crippen LogP contribution < -0.4 is 5.32 Å². The molecule has 0 aliphatic carbocycles. The summed E-state index contributed by atoms with van der Waals surface area (Å²) in [7, 11) is -2.73. The van der Waals surface area contributed by atoms with E-state index in [4.69, 9.17) is 13.3 Å². The smallest absolute Gasteiger partial charge is 0.374 e. The summed E-state index contributed by atoms with van der Waals surface area (Å²) in [5, 5.41) is 2.71. The summed E-state index contributed by atoms with van der Waals surface area (Å²) in [5.74, 6) is -2.32. The second-order valence-corrected chi connectivity index (χ2v) is 8.43. The SMILES string of the molecule is CCO[Si](CCCNC(=O)CCC(=O)N(C(C)=O)C(C)=O)(OCC)OCC. The summed E-state index contributed by atoms with van der Waals surface area (Å²) in [5.41, 5.74) is 0. The first-order valence-electron chi connectivity index (χ1n) is 9.25. The first-order chi connectivity index (χ1) is 12.7. The number of nitrogens with one attached hydrogen (secondary N) is 1. The largest absolute Gasteiger partial charge is 0.500 e. The summed E-state index contributed by atoms with van der Waals surface area (Å²) in [6, 6.07) is 0.574. The lowest BCUT2D eigenvalue weighted by atomic mass is 10.2. The van der Waals surface area contributed by atoms with Crippen LogP contribution in [0.2, 0.25) is 6.04 Å². The Hall–Kier alpha value is -1.62. The Labute approximate surface area is 162 Å². The highest BCUT2D eigenvalue weighted by Crippen LogP contribution is 2.17.